The molecule has 0 atom stereocenters. The third kappa shape index (κ3) is 1.83. The minimum absolute atomic E-state index is 0. The molecule has 0 amide bonds. The van der Waals surface area contributed by atoms with Crippen LogP contribution in [0.5, 0.6) is 0 Å². The Morgan fingerprint density at radius 2 is 1.58 bits per heavy atom. The van der Waals surface area contributed by atoms with E-state index in [0.717, 1.165) is 27.2 Å². The average Bonchev–Trinajstić information content (AvgIpc) is 2.46. The molecule has 0 bridgehead atoms. The van der Waals surface area contributed by atoms with Crippen molar-refractivity contribution in [2.45, 2.75) is 0 Å². The molecule has 4 rings (SSSR count). The predicted octanol–water partition coefficient (Wildman–Crippen LogP) is 3.93. The van der Waals surface area contributed by atoms with E-state index in [1.54, 1.807) is 0 Å². The van der Waals surface area contributed by atoms with E-state index in [1.807, 2.05) is 24.5 Å². The molecule has 0 aliphatic carbocycles. The Morgan fingerprint density at radius 1 is 0.737 bits per heavy atom. The van der Waals surface area contributed by atoms with E-state index >= 15 is 0 Å². The molecule has 3 heteroatoms. The van der Waals surface area contributed by atoms with Gasteiger partial charge in [0, 0.05) is 48.7 Å². The summed E-state index contributed by atoms with van der Waals surface area (Å²) in [4.78, 5) is 9.04. The molecular formula is C16H10IrN2. The molecule has 0 saturated carbocycles. The van der Waals surface area contributed by atoms with Gasteiger partial charge in [0.15, 0.2) is 0 Å². The first-order chi connectivity index (χ1) is 8.93. The maximum Gasteiger partial charge on any atom is 0.0802 e. The van der Waals surface area contributed by atoms with Crippen molar-refractivity contribution in [3.05, 3.63) is 60.9 Å². The molecule has 2 aromatic carbocycles. The third-order valence-electron chi connectivity index (χ3n) is 3.33. The summed E-state index contributed by atoms with van der Waals surface area (Å²) in [5.74, 6) is 0. The first-order valence-electron chi connectivity index (χ1n) is 5.95. The summed E-state index contributed by atoms with van der Waals surface area (Å²) in [5, 5.41) is 4.67. The van der Waals surface area contributed by atoms with E-state index in [9.17, 15) is 0 Å². The van der Waals surface area contributed by atoms with Crippen LogP contribution in [0.4, 0.5) is 0 Å². The second-order valence-electron chi connectivity index (χ2n) is 4.38. The summed E-state index contributed by atoms with van der Waals surface area (Å²) in [7, 11) is 0. The smallest absolute Gasteiger partial charge is 0.0802 e. The maximum atomic E-state index is 4.52. The number of hydrogen-bond acceptors (Lipinski definition) is 2. The van der Waals surface area contributed by atoms with Crippen LogP contribution in [0.15, 0.2) is 60.9 Å². The molecule has 1 radical (unpaired) electrons. The fraction of sp³-hybridized carbons (Fsp3) is 0. The monoisotopic (exact) mass is 423 g/mol. The minimum Gasteiger partial charge on any atom is -0.256 e. The molecule has 0 fully saturated rings. The summed E-state index contributed by atoms with van der Waals surface area (Å²) in [6.07, 6.45) is 3.76. The van der Waals surface area contributed by atoms with Crippen molar-refractivity contribution in [3.63, 3.8) is 0 Å². The number of fused-ring (bicyclic) bond motifs is 5. The Kier molecular flexibility index (Phi) is 3.01. The quantitative estimate of drug-likeness (QED) is 0.401. The molecule has 0 N–H and O–H groups in total. The summed E-state index contributed by atoms with van der Waals surface area (Å²) < 4.78 is 0. The van der Waals surface area contributed by atoms with Gasteiger partial charge < -0.3 is 0 Å². The van der Waals surface area contributed by atoms with E-state index < -0.39 is 0 Å². The van der Waals surface area contributed by atoms with Crippen molar-refractivity contribution in [2.24, 2.45) is 0 Å². The van der Waals surface area contributed by atoms with Gasteiger partial charge in [-0.3, -0.25) is 9.97 Å². The summed E-state index contributed by atoms with van der Waals surface area (Å²) >= 11 is 0. The maximum absolute atomic E-state index is 4.52. The van der Waals surface area contributed by atoms with E-state index in [2.05, 4.69) is 46.4 Å². The second-order valence-corrected chi connectivity index (χ2v) is 4.38. The minimum atomic E-state index is 0. The van der Waals surface area contributed by atoms with Crippen molar-refractivity contribution in [1.29, 1.82) is 0 Å². The van der Waals surface area contributed by atoms with E-state index in [4.69, 9.17) is 0 Å². The van der Waals surface area contributed by atoms with Crippen LogP contribution in [0.2, 0.25) is 0 Å². The van der Waals surface area contributed by atoms with Crippen LogP contribution in [0.3, 0.4) is 0 Å². The van der Waals surface area contributed by atoms with Gasteiger partial charge in [-0.05, 0) is 17.5 Å². The van der Waals surface area contributed by atoms with E-state index in [1.165, 1.54) is 5.39 Å². The Labute approximate surface area is 123 Å². The fourth-order valence-corrected chi connectivity index (χ4v) is 2.48. The number of nitrogens with zero attached hydrogens (tertiary/aromatic N) is 2. The molecule has 2 aromatic heterocycles. The number of rotatable bonds is 0. The molecule has 0 aliphatic heterocycles. The first-order valence-corrected chi connectivity index (χ1v) is 5.95. The Balaban J connectivity index is 0.00000110. The molecule has 0 aliphatic rings. The molecule has 2 heterocycles. The molecule has 2 nitrogen and oxygen atoms in total. The largest absolute Gasteiger partial charge is 0.256 e. The van der Waals surface area contributed by atoms with E-state index in [-0.39, 0.29) is 20.1 Å². The summed E-state index contributed by atoms with van der Waals surface area (Å²) in [6, 6.07) is 16.5. The number of pyridine rings is 2. The number of benzene rings is 2. The van der Waals surface area contributed by atoms with Gasteiger partial charge in [-0.2, -0.15) is 0 Å². The van der Waals surface area contributed by atoms with Crippen molar-refractivity contribution in [1.82, 2.24) is 9.97 Å². The summed E-state index contributed by atoms with van der Waals surface area (Å²) in [6.45, 7) is 0. The van der Waals surface area contributed by atoms with Crippen LogP contribution >= 0.6 is 0 Å². The van der Waals surface area contributed by atoms with Crippen molar-refractivity contribution < 1.29 is 20.1 Å². The zero-order valence-electron chi connectivity index (χ0n) is 10.0. The predicted molar refractivity (Wildman–Crippen MR) is 74.6 cm³/mol. The molecule has 93 valence electrons. The number of aromatic nitrogens is 2. The average molecular weight is 422 g/mol. The molecule has 0 spiro atoms. The molecule has 4 aromatic rings. The van der Waals surface area contributed by atoms with Crippen LogP contribution in [-0.2, 0) is 20.1 Å². The van der Waals surface area contributed by atoms with Gasteiger partial charge in [-0.1, -0.05) is 36.4 Å². The van der Waals surface area contributed by atoms with Gasteiger partial charge in [0.2, 0.25) is 0 Å². The zero-order chi connectivity index (χ0) is 11.9. The Bertz CT molecular complexity index is 816. The summed E-state index contributed by atoms with van der Waals surface area (Å²) in [5.41, 5.74) is 2.03. The van der Waals surface area contributed by atoms with Crippen LogP contribution in [0, 0.1) is 0 Å². The van der Waals surface area contributed by atoms with E-state index in [0.29, 0.717) is 0 Å². The van der Waals surface area contributed by atoms with Crippen LogP contribution < -0.4 is 0 Å². The van der Waals surface area contributed by atoms with Crippen LogP contribution in [-0.4, -0.2) is 9.97 Å². The molecular weight excluding hydrogens is 412 g/mol. The van der Waals surface area contributed by atoms with Crippen molar-refractivity contribution in [3.8, 4) is 0 Å². The van der Waals surface area contributed by atoms with Gasteiger partial charge in [-0.15, -0.1) is 0 Å². The molecule has 19 heavy (non-hydrogen) atoms. The second kappa shape index (κ2) is 4.69. The topological polar surface area (TPSA) is 25.8 Å². The number of hydrogen-bond donors (Lipinski definition) is 0. The molecule has 0 saturated heterocycles. The van der Waals surface area contributed by atoms with Crippen LogP contribution in [0.25, 0.3) is 32.6 Å². The van der Waals surface area contributed by atoms with Gasteiger partial charge >= 0.3 is 0 Å². The zero-order valence-corrected chi connectivity index (χ0v) is 12.4. The van der Waals surface area contributed by atoms with Gasteiger partial charge in [-0.25, -0.2) is 0 Å². The standard InChI is InChI=1S/C16H10N2.Ir/c1-2-6-13-12(4-1)10-18-14-8-7-11-5-3-9-17-16(11)15(13)14;/h1-10H;. The SMILES string of the molecule is [Ir].c1ccc2c(c1)cnc1ccc3cccnc3c12. The first kappa shape index (κ1) is 12.2. The van der Waals surface area contributed by atoms with Crippen molar-refractivity contribution >= 4 is 32.6 Å². The van der Waals surface area contributed by atoms with Crippen molar-refractivity contribution in [2.75, 3.05) is 0 Å². The molecule has 0 unspecified atom stereocenters. The Hall–Kier alpha value is -1.83. The fourth-order valence-electron chi connectivity index (χ4n) is 2.48. The normalized spacial score (nSPS) is 10.7. The Morgan fingerprint density at radius 3 is 2.53 bits per heavy atom. The third-order valence-corrected chi connectivity index (χ3v) is 3.33. The van der Waals surface area contributed by atoms with Gasteiger partial charge in [0.1, 0.15) is 0 Å². The van der Waals surface area contributed by atoms with Gasteiger partial charge in [0.25, 0.3) is 0 Å². The van der Waals surface area contributed by atoms with Gasteiger partial charge in [0.05, 0.1) is 11.0 Å². The van der Waals surface area contributed by atoms with Crippen LogP contribution in [0.1, 0.15) is 0 Å².